The zero-order valence-corrected chi connectivity index (χ0v) is 7.35. The predicted molar refractivity (Wildman–Crippen MR) is 47.8 cm³/mol. The number of Topliss-reactive ketones (excluding diaryl/α,β-unsaturated/α-hetero) is 1. The fourth-order valence-corrected chi connectivity index (χ4v) is 1.05. The molecule has 0 spiro atoms. The van der Waals surface area contributed by atoms with Gasteiger partial charge in [0.05, 0.1) is 10.5 Å². The molecule has 14 heavy (non-hydrogen) atoms. The maximum atomic E-state index is 11.0. The number of nitriles is 1. The highest BCUT2D eigenvalue weighted by molar-refractivity contribution is 5.96. The summed E-state index contributed by atoms with van der Waals surface area (Å²) in [6.07, 6.45) is 0. The van der Waals surface area contributed by atoms with Crippen molar-refractivity contribution in [2.75, 3.05) is 0 Å². The van der Waals surface area contributed by atoms with Crippen molar-refractivity contribution in [3.05, 3.63) is 39.4 Å². The van der Waals surface area contributed by atoms with Gasteiger partial charge in [-0.15, -0.1) is 0 Å². The first-order valence-corrected chi connectivity index (χ1v) is 3.75. The number of rotatable bonds is 2. The average Bonchev–Trinajstić information content (AvgIpc) is 2.16. The van der Waals surface area contributed by atoms with Crippen LogP contribution in [0.25, 0.3) is 0 Å². The molecule has 0 atom stereocenters. The molecule has 1 aromatic rings. The van der Waals surface area contributed by atoms with E-state index in [0.717, 1.165) is 6.07 Å². The molecule has 1 aromatic carbocycles. The second kappa shape index (κ2) is 3.66. The quantitative estimate of drug-likeness (QED) is 0.403. The van der Waals surface area contributed by atoms with E-state index in [1.807, 2.05) is 0 Å². The van der Waals surface area contributed by atoms with Crippen molar-refractivity contribution in [1.82, 2.24) is 0 Å². The first kappa shape index (κ1) is 9.86. The molecule has 0 amide bonds. The van der Waals surface area contributed by atoms with Crippen molar-refractivity contribution in [1.29, 1.82) is 5.26 Å². The predicted octanol–water partition coefficient (Wildman–Crippen LogP) is 1.67. The molecule has 0 unspecified atom stereocenters. The topological polar surface area (TPSA) is 84.0 Å². The molecule has 0 aliphatic rings. The summed E-state index contributed by atoms with van der Waals surface area (Å²) >= 11 is 0. The molecule has 0 saturated heterocycles. The molecule has 0 aliphatic heterocycles. The zero-order chi connectivity index (χ0) is 10.7. The van der Waals surface area contributed by atoms with Crippen molar-refractivity contribution in [2.24, 2.45) is 0 Å². The molecular formula is C9H6N2O3. The molecule has 0 saturated carbocycles. The lowest BCUT2D eigenvalue weighted by Crippen LogP contribution is -1.98. The van der Waals surface area contributed by atoms with Crippen LogP contribution < -0.4 is 0 Å². The normalized spacial score (nSPS) is 9.14. The molecule has 0 heterocycles. The van der Waals surface area contributed by atoms with Gasteiger partial charge in [-0.05, 0) is 13.0 Å². The Balaban J connectivity index is 3.34. The molecule has 0 aromatic heterocycles. The van der Waals surface area contributed by atoms with Crippen molar-refractivity contribution < 1.29 is 9.72 Å². The van der Waals surface area contributed by atoms with Gasteiger partial charge in [-0.3, -0.25) is 14.9 Å². The van der Waals surface area contributed by atoms with Crippen LogP contribution in [-0.2, 0) is 0 Å². The summed E-state index contributed by atoms with van der Waals surface area (Å²) in [6.45, 7) is 1.31. The lowest BCUT2D eigenvalue weighted by Gasteiger charge is -1.98. The van der Waals surface area contributed by atoms with E-state index in [1.165, 1.54) is 19.1 Å². The van der Waals surface area contributed by atoms with Gasteiger partial charge in [-0.2, -0.15) is 5.26 Å². The van der Waals surface area contributed by atoms with Gasteiger partial charge >= 0.3 is 0 Å². The monoisotopic (exact) mass is 190 g/mol. The Labute approximate surface area is 79.7 Å². The van der Waals surface area contributed by atoms with Crippen LogP contribution in [0, 0.1) is 21.4 Å². The Morgan fingerprint density at radius 3 is 2.64 bits per heavy atom. The Hall–Kier alpha value is -2.22. The fourth-order valence-electron chi connectivity index (χ4n) is 1.05. The molecule has 5 nitrogen and oxygen atoms in total. The smallest absolute Gasteiger partial charge is 0.270 e. The molecule has 70 valence electrons. The number of non-ortho nitro benzene ring substituents is 1. The van der Waals surface area contributed by atoms with Crippen LogP contribution in [0.5, 0.6) is 0 Å². The van der Waals surface area contributed by atoms with Crippen LogP contribution in [0.15, 0.2) is 18.2 Å². The molecule has 1 rings (SSSR count). The molecule has 0 radical (unpaired) electrons. The van der Waals surface area contributed by atoms with Gasteiger partial charge in [0.25, 0.3) is 5.69 Å². The number of hydrogen-bond donors (Lipinski definition) is 0. The van der Waals surface area contributed by atoms with Crippen LogP contribution in [0.1, 0.15) is 22.8 Å². The highest BCUT2D eigenvalue weighted by Crippen LogP contribution is 2.17. The van der Waals surface area contributed by atoms with E-state index in [-0.39, 0.29) is 22.6 Å². The molecule has 0 bridgehead atoms. The van der Waals surface area contributed by atoms with Gasteiger partial charge in [-0.1, -0.05) is 0 Å². The zero-order valence-electron chi connectivity index (χ0n) is 7.35. The van der Waals surface area contributed by atoms with E-state index in [9.17, 15) is 14.9 Å². The molecule has 0 aliphatic carbocycles. The van der Waals surface area contributed by atoms with Crippen LogP contribution in [-0.4, -0.2) is 10.7 Å². The number of carbonyl (C=O) groups excluding carboxylic acids is 1. The van der Waals surface area contributed by atoms with E-state index in [2.05, 4.69) is 0 Å². The van der Waals surface area contributed by atoms with Gasteiger partial charge in [-0.25, -0.2) is 0 Å². The minimum absolute atomic E-state index is 0.0340. The lowest BCUT2D eigenvalue weighted by atomic mass is 10.0. The molecule has 0 fully saturated rings. The molecule has 0 N–H and O–H groups in total. The summed E-state index contributed by atoms with van der Waals surface area (Å²) in [5, 5.41) is 19.0. The second-order valence-corrected chi connectivity index (χ2v) is 2.65. The summed E-state index contributed by atoms with van der Waals surface area (Å²) in [5.41, 5.74) is 0.0522. The van der Waals surface area contributed by atoms with Gasteiger partial charge in [0.15, 0.2) is 5.78 Å². The van der Waals surface area contributed by atoms with Crippen LogP contribution in [0.2, 0.25) is 0 Å². The molecule has 5 heteroatoms. The van der Waals surface area contributed by atoms with E-state index in [1.54, 1.807) is 6.07 Å². The maximum Gasteiger partial charge on any atom is 0.270 e. The third kappa shape index (κ3) is 1.75. The van der Waals surface area contributed by atoms with Crippen LogP contribution in [0.3, 0.4) is 0 Å². The number of hydrogen-bond acceptors (Lipinski definition) is 4. The van der Waals surface area contributed by atoms with Gasteiger partial charge in [0, 0.05) is 17.7 Å². The summed E-state index contributed by atoms with van der Waals surface area (Å²) in [6, 6.07) is 5.34. The Morgan fingerprint density at radius 1 is 1.57 bits per heavy atom. The summed E-state index contributed by atoms with van der Waals surface area (Å²) in [7, 11) is 0. The Morgan fingerprint density at radius 2 is 2.21 bits per heavy atom. The highest BCUT2D eigenvalue weighted by atomic mass is 16.6. The lowest BCUT2D eigenvalue weighted by molar-refractivity contribution is -0.384. The van der Waals surface area contributed by atoms with Crippen molar-refractivity contribution in [2.45, 2.75) is 6.92 Å². The first-order valence-electron chi connectivity index (χ1n) is 3.75. The summed E-state index contributed by atoms with van der Waals surface area (Å²) < 4.78 is 0. The third-order valence-corrected chi connectivity index (χ3v) is 1.71. The number of nitro groups is 1. The van der Waals surface area contributed by atoms with E-state index in [4.69, 9.17) is 5.26 Å². The number of nitrogens with zero attached hydrogens (tertiary/aromatic N) is 2. The highest BCUT2D eigenvalue weighted by Gasteiger charge is 2.12. The van der Waals surface area contributed by atoms with Crippen molar-refractivity contribution in [3.63, 3.8) is 0 Å². The summed E-state index contributed by atoms with van der Waals surface area (Å²) in [5.74, 6) is -0.281. The van der Waals surface area contributed by atoms with Crippen LogP contribution in [0.4, 0.5) is 5.69 Å². The minimum atomic E-state index is -0.606. The van der Waals surface area contributed by atoms with Crippen molar-refractivity contribution in [3.8, 4) is 6.07 Å². The van der Waals surface area contributed by atoms with Crippen LogP contribution >= 0.6 is 0 Å². The van der Waals surface area contributed by atoms with Gasteiger partial charge < -0.3 is 0 Å². The maximum absolute atomic E-state index is 11.0. The van der Waals surface area contributed by atoms with E-state index >= 15 is 0 Å². The van der Waals surface area contributed by atoms with Crippen molar-refractivity contribution >= 4 is 11.5 Å². The van der Waals surface area contributed by atoms with E-state index in [0.29, 0.717) is 0 Å². The number of ketones is 1. The first-order chi connectivity index (χ1) is 6.56. The second-order valence-electron chi connectivity index (χ2n) is 2.65. The van der Waals surface area contributed by atoms with E-state index < -0.39 is 4.92 Å². The summed E-state index contributed by atoms with van der Waals surface area (Å²) in [4.78, 5) is 20.7. The minimum Gasteiger partial charge on any atom is -0.294 e. The standard InChI is InChI=1S/C9H6N2O3/c1-6(12)9-3-2-8(11(13)14)4-7(9)5-10/h2-4H,1H3. The SMILES string of the molecule is CC(=O)c1ccc([N+](=O)[O-])cc1C#N. The Kier molecular flexibility index (Phi) is 2.58. The number of benzene rings is 1. The largest absolute Gasteiger partial charge is 0.294 e. The average molecular weight is 190 g/mol. The van der Waals surface area contributed by atoms with Gasteiger partial charge in [0.1, 0.15) is 6.07 Å². The number of nitro benzene ring substituents is 1. The van der Waals surface area contributed by atoms with Gasteiger partial charge in [0.2, 0.25) is 0 Å². The number of carbonyl (C=O) groups is 1. The Bertz CT molecular complexity index is 446. The molecular weight excluding hydrogens is 184 g/mol. The third-order valence-electron chi connectivity index (χ3n) is 1.71. The fraction of sp³-hybridized carbons (Fsp3) is 0.111.